The summed E-state index contributed by atoms with van der Waals surface area (Å²) in [5.74, 6) is -1.48. The minimum absolute atomic E-state index is 0.0176. The molecule has 0 amide bonds. The number of hydrogen-bond donors (Lipinski definition) is 0. The first-order chi connectivity index (χ1) is 10.3. The van der Waals surface area contributed by atoms with Gasteiger partial charge in [0.15, 0.2) is 0 Å². The second kappa shape index (κ2) is 6.12. The summed E-state index contributed by atoms with van der Waals surface area (Å²) in [5.41, 5.74) is -4.50. The molecule has 0 aliphatic heterocycles. The summed E-state index contributed by atoms with van der Waals surface area (Å²) in [5, 5.41) is 37.9. The molecule has 1 aliphatic carbocycles. The van der Waals surface area contributed by atoms with Crippen molar-refractivity contribution >= 4 is 11.9 Å². The van der Waals surface area contributed by atoms with Crippen molar-refractivity contribution in [2.24, 2.45) is 10.8 Å². The van der Waals surface area contributed by atoms with Gasteiger partial charge in [0.05, 0.1) is 24.3 Å². The molecule has 1 saturated carbocycles. The molecule has 1 fully saturated rings. The molecule has 0 bridgehead atoms. The van der Waals surface area contributed by atoms with E-state index in [1.807, 2.05) is 0 Å². The number of hydrogen-bond acceptors (Lipinski definition) is 8. The molecule has 0 heterocycles. The fourth-order valence-corrected chi connectivity index (χ4v) is 2.63. The summed E-state index contributed by atoms with van der Waals surface area (Å²) < 4.78 is 9.95. The quantitative estimate of drug-likeness (QED) is 0.677. The van der Waals surface area contributed by atoms with Crippen LogP contribution in [0.1, 0.15) is 26.7 Å². The number of carbonyl (C=O) groups excluding carboxylic acids is 2. The summed E-state index contributed by atoms with van der Waals surface area (Å²) in [7, 11) is 0. The summed E-state index contributed by atoms with van der Waals surface area (Å²) in [4.78, 5) is 22.4. The van der Waals surface area contributed by atoms with E-state index < -0.39 is 35.0 Å². The van der Waals surface area contributed by atoms with Gasteiger partial charge < -0.3 is 9.47 Å². The van der Waals surface area contributed by atoms with Gasteiger partial charge in [0.2, 0.25) is 10.8 Å². The van der Waals surface area contributed by atoms with Crippen molar-refractivity contribution in [1.82, 2.24) is 0 Å². The van der Waals surface area contributed by atoms with Gasteiger partial charge in [0.25, 0.3) is 0 Å². The van der Waals surface area contributed by atoms with E-state index in [4.69, 9.17) is 9.47 Å². The Kier molecular flexibility index (Phi) is 4.72. The van der Waals surface area contributed by atoms with Crippen molar-refractivity contribution < 1.29 is 19.1 Å². The number of carbonyl (C=O) groups is 2. The van der Waals surface area contributed by atoms with Gasteiger partial charge in [-0.05, 0) is 12.8 Å². The van der Waals surface area contributed by atoms with Gasteiger partial charge >= 0.3 is 11.9 Å². The van der Waals surface area contributed by atoms with E-state index in [0.29, 0.717) is 0 Å². The van der Waals surface area contributed by atoms with E-state index in [1.54, 1.807) is 24.3 Å². The molecule has 1 rings (SSSR count). The van der Waals surface area contributed by atoms with Crippen LogP contribution in [0.4, 0.5) is 0 Å². The predicted octanol–water partition coefficient (Wildman–Crippen LogP) is 0.711. The van der Waals surface area contributed by atoms with E-state index in [1.165, 1.54) is 0 Å². The van der Waals surface area contributed by atoms with Gasteiger partial charge in [0.1, 0.15) is 12.2 Å². The molecule has 0 aromatic rings. The lowest BCUT2D eigenvalue weighted by Gasteiger charge is -2.44. The third-order valence-electron chi connectivity index (χ3n) is 3.60. The normalized spacial score (nSPS) is 24.5. The number of rotatable bonds is 2. The Morgan fingerprint density at radius 3 is 1.27 bits per heavy atom. The lowest BCUT2D eigenvalue weighted by molar-refractivity contribution is -0.171. The lowest BCUT2D eigenvalue weighted by atomic mass is 9.55. The van der Waals surface area contributed by atoms with Crippen molar-refractivity contribution in [3.63, 3.8) is 0 Å². The zero-order valence-electron chi connectivity index (χ0n) is 12.0. The molecule has 0 aromatic carbocycles. The van der Waals surface area contributed by atoms with Crippen molar-refractivity contribution in [1.29, 1.82) is 21.0 Å². The Labute approximate surface area is 127 Å². The molecule has 0 radical (unpaired) electrons. The van der Waals surface area contributed by atoms with Crippen LogP contribution < -0.4 is 0 Å². The molecule has 0 saturated heterocycles. The minimum Gasteiger partial charge on any atom is -0.460 e. The summed E-state index contributed by atoms with van der Waals surface area (Å²) in [6, 6.07) is 6.58. The highest BCUT2D eigenvalue weighted by molar-refractivity contribution is 5.67. The van der Waals surface area contributed by atoms with E-state index >= 15 is 0 Å². The Morgan fingerprint density at radius 1 is 0.818 bits per heavy atom. The first kappa shape index (κ1) is 17.0. The average molecular weight is 300 g/mol. The molecule has 0 N–H and O–H groups in total. The second-order valence-electron chi connectivity index (χ2n) is 4.84. The molecule has 8 heteroatoms. The van der Waals surface area contributed by atoms with Crippen molar-refractivity contribution in [2.45, 2.75) is 38.9 Å². The van der Waals surface area contributed by atoms with Crippen LogP contribution in [0.2, 0.25) is 0 Å². The molecule has 2 atom stereocenters. The fourth-order valence-electron chi connectivity index (χ4n) is 2.63. The maximum Gasteiger partial charge on any atom is 0.302 e. The van der Waals surface area contributed by atoms with Crippen LogP contribution in [-0.4, -0.2) is 24.1 Å². The van der Waals surface area contributed by atoms with Gasteiger partial charge in [0, 0.05) is 13.8 Å². The SMILES string of the molecule is CC(=O)OC1CCC(OC(C)=O)C(C#N)(C#N)C1(C#N)C#N. The van der Waals surface area contributed by atoms with Crippen LogP contribution >= 0.6 is 0 Å². The molecule has 8 nitrogen and oxygen atoms in total. The monoisotopic (exact) mass is 300 g/mol. The highest BCUT2D eigenvalue weighted by atomic mass is 16.6. The molecule has 0 spiro atoms. The van der Waals surface area contributed by atoms with Gasteiger partial charge in [-0.2, -0.15) is 21.0 Å². The van der Waals surface area contributed by atoms with E-state index in [0.717, 1.165) is 13.8 Å². The average Bonchev–Trinajstić information content (AvgIpc) is 2.47. The maximum atomic E-state index is 11.2. The second-order valence-corrected chi connectivity index (χ2v) is 4.84. The number of nitriles is 4. The molecule has 112 valence electrons. The molecular weight excluding hydrogens is 288 g/mol. The van der Waals surface area contributed by atoms with Crippen LogP contribution in [0.3, 0.4) is 0 Å². The van der Waals surface area contributed by atoms with Crippen LogP contribution in [0.25, 0.3) is 0 Å². The third-order valence-corrected chi connectivity index (χ3v) is 3.60. The molecule has 2 unspecified atom stereocenters. The minimum atomic E-state index is -2.25. The molecular formula is C14H12N4O4. The van der Waals surface area contributed by atoms with E-state index in [2.05, 4.69) is 0 Å². The van der Waals surface area contributed by atoms with Crippen LogP contribution in [-0.2, 0) is 19.1 Å². The van der Waals surface area contributed by atoms with Crippen LogP contribution in [0.5, 0.6) is 0 Å². The molecule has 1 aliphatic rings. The molecule has 22 heavy (non-hydrogen) atoms. The van der Waals surface area contributed by atoms with Crippen molar-refractivity contribution in [3.8, 4) is 24.3 Å². The topological polar surface area (TPSA) is 148 Å². The smallest absolute Gasteiger partial charge is 0.302 e. The van der Waals surface area contributed by atoms with Gasteiger partial charge in [-0.1, -0.05) is 0 Å². The van der Waals surface area contributed by atoms with E-state index in [9.17, 15) is 30.6 Å². The number of ether oxygens (including phenoxy) is 2. The first-order valence-corrected chi connectivity index (χ1v) is 6.33. The third kappa shape index (κ3) is 2.32. The van der Waals surface area contributed by atoms with Gasteiger partial charge in [-0.3, -0.25) is 9.59 Å². The highest BCUT2D eigenvalue weighted by Gasteiger charge is 2.68. The standard InChI is InChI=1S/C14H12N4O4/c1-9(19)21-11-3-4-12(22-10(2)20)14(7-17,8-18)13(11,5-15)6-16/h11-12H,3-4H2,1-2H3. The Hall–Kier alpha value is -3.10. The first-order valence-electron chi connectivity index (χ1n) is 6.33. The van der Waals surface area contributed by atoms with Gasteiger partial charge in [-0.15, -0.1) is 0 Å². The van der Waals surface area contributed by atoms with Crippen LogP contribution in [0.15, 0.2) is 0 Å². The Morgan fingerprint density at radius 2 is 1.09 bits per heavy atom. The van der Waals surface area contributed by atoms with E-state index in [-0.39, 0.29) is 12.8 Å². The Bertz CT molecular complexity index is 572. The number of esters is 2. The van der Waals surface area contributed by atoms with Crippen molar-refractivity contribution in [2.75, 3.05) is 0 Å². The Balaban J connectivity index is 3.53. The summed E-state index contributed by atoms with van der Waals surface area (Å²) in [6.45, 7) is 2.19. The molecule has 0 aromatic heterocycles. The predicted molar refractivity (Wildman–Crippen MR) is 67.7 cm³/mol. The zero-order chi connectivity index (χ0) is 17.0. The fraction of sp³-hybridized carbons (Fsp3) is 0.571. The highest BCUT2D eigenvalue weighted by Crippen LogP contribution is 2.52. The van der Waals surface area contributed by atoms with Gasteiger partial charge in [-0.25, -0.2) is 0 Å². The van der Waals surface area contributed by atoms with Crippen molar-refractivity contribution in [3.05, 3.63) is 0 Å². The lowest BCUT2D eigenvalue weighted by Crippen LogP contribution is -2.59. The largest absolute Gasteiger partial charge is 0.460 e. The number of nitrogens with zero attached hydrogens (tertiary/aromatic N) is 4. The van der Waals surface area contributed by atoms with Crippen LogP contribution in [0, 0.1) is 56.2 Å². The summed E-state index contributed by atoms with van der Waals surface area (Å²) >= 11 is 0. The summed E-state index contributed by atoms with van der Waals surface area (Å²) in [6.07, 6.45) is -2.48. The zero-order valence-corrected chi connectivity index (χ0v) is 12.0. The maximum absolute atomic E-state index is 11.2.